The summed E-state index contributed by atoms with van der Waals surface area (Å²) in [5, 5.41) is 24.1. The van der Waals surface area contributed by atoms with Crippen LogP contribution in [0.5, 0.6) is 11.5 Å². The van der Waals surface area contributed by atoms with Gasteiger partial charge in [-0.05, 0) is 54.8 Å². The van der Waals surface area contributed by atoms with Crippen LogP contribution < -0.4 is 15.0 Å². The fourth-order valence-corrected chi connectivity index (χ4v) is 5.40. The molecule has 9 heteroatoms. The largest absolute Gasteiger partial charge is 0.508 e. The van der Waals surface area contributed by atoms with E-state index in [0.29, 0.717) is 17.0 Å². The zero-order valence-electron chi connectivity index (χ0n) is 18.4. The van der Waals surface area contributed by atoms with Gasteiger partial charge >= 0.3 is 5.97 Å². The van der Waals surface area contributed by atoms with Gasteiger partial charge in [-0.2, -0.15) is 0 Å². The molecule has 2 heterocycles. The van der Waals surface area contributed by atoms with Crippen LogP contribution in [0.15, 0.2) is 46.9 Å². The number of carbonyl (C=O) groups is 3. The van der Waals surface area contributed by atoms with E-state index >= 15 is 0 Å². The molecule has 4 atom stereocenters. The molecule has 0 saturated carbocycles. The van der Waals surface area contributed by atoms with Crippen LogP contribution in [0.2, 0.25) is 0 Å². The lowest BCUT2D eigenvalue weighted by Gasteiger charge is -2.32. The van der Waals surface area contributed by atoms with Crippen LogP contribution in [0.3, 0.4) is 0 Å². The van der Waals surface area contributed by atoms with Crippen molar-refractivity contribution in [3.63, 3.8) is 0 Å². The van der Waals surface area contributed by atoms with Gasteiger partial charge in [0.15, 0.2) is 0 Å². The third-order valence-electron chi connectivity index (χ3n) is 6.42. The Bertz CT molecular complexity index is 1120. The Morgan fingerprint density at radius 1 is 1.18 bits per heavy atom. The van der Waals surface area contributed by atoms with Gasteiger partial charge in [-0.25, -0.2) is 4.90 Å². The minimum Gasteiger partial charge on any atom is -0.508 e. The number of phenolic OH excluding ortho intramolecular Hbond substituents is 1. The number of nitrogens with zero attached hydrogens (tertiary/aromatic N) is 1. The zero-order valence-corrected chi connectivity index (χ0v) is 20.0. The molecule has 0 spiro atoms. The molecule has 2 aromatic carbocycles. The number of benzene rings is 2. The Hall–Kier alpha value is -2.91. The highest BCUT2D eigenvalue weighted by molar-refractivity contribution is 9.10. The first kappa shape index (κ1) is 23.3. The van der Waals surface area contributed by atoms with E-state index < -0.39 is 41.2 Å². The second-order valence-corrected chi connectivity index (χ2v) is 9.83. The average molecular weight is 517 g/mol. The quantitative estimate of drug-likeness (QED) is 0.503. The summed E-state index contributed by atoms with van der Waals surface area (Å²) in [5.41, 5.74) is -0.981. The van der Waals surface area contributed by atoms with E-state index in [9.17, 15) is 24.6 Å². The molecule has 2 fully saturated rings. The van der Waals surface area contributed by atoms with E-state index in [-0.39, 0.29) is 18.1 Å². The number of halogens is 1. The molecule has 0 aromatic heterocycles. The number of fused-ring (bicyclic) bond motifs is 1. The Kier molecular flexibility index (Phi) is 5.96. The second-order valence-electron chi connectivity index (χ2n) is 8.91. The first-order valence-corrected chi connectivity index (χ1v) is 11.4. The molecule has 3 N–H and O–H groups in total. The Balaban J connectivity index is 1.89. The molecular formula is C24H25BrN2O6. The summed E-state index contributed by atoms with van der Waals surface area (Å²) in [5.74, 6) is -4.14. The molecule has 2 aromatic rings. The van der Waals surface area contributed by atoms with Gasteiger partial charge in [0, 0.05) is 16.1 Å². The lowest BCUT2D eigenvalue weighted by molar-refractivity contribution is -0.149. The number of phenols is 1. The van der Waals surface area contributed by atoms with E-state index in [1.807, 2.05) is 13.8 Å². The number of carboxylic acid groups (broad SMARTS) is 1. The van der Waals surface area contributed by atoms with Gasteiger partial charge in [0.1, 0.15) is 17.0 Å². The van der Waals surface area contributed by atoms with Crippen molar-refractivity contribution in [2.75, 3.05) is 12.0 Å². The van der Waals surface area contributed by atoms with Crippen LogP contribution in [-0.2, 0) is 14.4 Å². The summed E-state index contributed by atoms with van der Waals surface area (Å²) in [6.07, 6.45) is 0.137. The number of hydrogen-bond acceptors (Lipinski definition) is 6. The van der Waals surface area contributed by atoms with Crippen LogP contribution in [0.25, 0.3) is 0 Å². The molecule has 2 amide bonds. The van der Waals surface area contributed by atoms with Gasteiger partial charge in [0.25, 0.3) is 0 Å². The van der Waals surface area contributed by atoms with Crippen molar-refractivity contribution in [1.82, 2.24) is 5.32 Å². The molecular weight excluding hydrogens is 492 g/mol. The minimum absolute atomic E-state index is 0.0726. The maximum Gasteiger partial charge on any atom is 0.324 e. The van der Waals surface area contributed by atoms with E-state index in [4.69, 9.17) is 4.74 Å². The molecule has 4 rings (SSSR count). The Morgan fingerprint density at radius 2 is 1.85 bits per heavy atom. The van der Waals surface area contributed by atoms with Crippen LogP contribution >= 0.6 is 15.9 Å². The maximum atomic E-state index is 13.7. The van der Waals surface area contributed by atoms with Gasteiger partial charge in [-0.15, -0.1) is 0 Å². The molecule has 0 bridgehead atoms. The number of carboxylic acids is 1. The second kappa shape index (κ2) is 8.46. The predicted octanol–water partition coefficient (Wildman–Crippen LogP) is 3.48. The number of amides is 2. The summed E-state index contributed by atoms with van der Waals surface area (Å²) < 4.78 is 6.06. The van der Waals surface area contributed by atoms with Gasteiger partial charge in [-0.1, -0.05) is 29.8 Å². The van der Waals surface area contributed by atoms with Crippen molar-refractivity contribution >= 4 is 39.4 Å². The molecule has 8 nitrogen and oxygen atoms in total. The van der Waals surface area contributed by atoms with Crippen LogP contribution in [0, 0.1) is 17.8 Å². The number of rotatable bonds is 6. The number of nitrogens with one attached hydrogen (secondary N) is 1. The van der Waals surface area contributed by atoms with E-state index in [2.05, 4.69) is 21.2 Å². The molecule has 2 aliphatic heterocycles. The van der Waals surface area contributed by atoms with E-state index in [1.54, 1.807) is 36.4 Å². The molecule has 33 heavy (non-hydrogen) atoms. The monoisotopic (exact) mass is 516 g/mol. The number of ether oxygens (including phenoxy) is 1. The lowest BCUT2D eigenvalue weighted by atomic mass is 9.75. The molecule has 0 radical (unpaired) electrons. The molecule has 0 unspecified atom stereocenters. The highest BCUT2D eigenvalue weighted by Crippen LogP contribution is 2.53. The van der Waals surface area contributed by atoms with Crippen molar-refractivity contribution in [2.45, 2.75) is 31.8 Å². The summed E-state index contributed by atoms with van der Waals surface area (Å²) >= 11 is 3.34. The predicted molar refractivity (Wildman–Crippen MR) is 124 cm³/mol. The summed E-state index contributed by atoms with van der Waals surface area (Å²) in [6.45, 7) is 3.73. The molecule has 2 saturated heterocycles. The molecule has 0 aliphatic carbocycles. The summed E-state index contributed by atoms with van der Waals surface area (Å²) in [6, 6.07) is 10.4. The van der Waals surface area contributed by atoms with Gasteiger partial charge in [-0.3, -0.25) is 19.7 Å². The lowest BCUT2D eigenvalue weighted by Crippen LogP contribution is -2.56. The standard InChI is InChI=1S/C24H25BrN2O6/c1-12(2)11-24(23(31)32)19-18(20(26-24)16-10-15(33-3)8-9-17(16)28)21(29)27(22(19)30)14-6-4-13(25)5-7-14/h4-10,12,18-20,26,28H,11H2,1-3H3,(H,31,32)/t18-,19-,20+,24+/m1/s1. The first-order valence-electron chi connectivity index (χ1n) is 10.6. The van der Waals surface area contributed by atoms with Crippen molar-refractivity contribution in [2.24, 2.45) is 17.8 Å². The van der Waals surface area contributed by atoms with Crippen molar-refractivity contribution in [3.05, 3.63) is 52.5 Å². The first-order chi connectivity index (χ1) is 15.6. The molecule has 174 valence electrons. The Morgan fingerprint density at radius 3 is 2.42 bits per heavy atom. The highest BCUT2D eigenvalue weighted by Gasteiger charge is 2.68. The third kappa shape index (κ3) is 3.69. The number of hydrogen-bond donors (Lipinski definition) is 3. The van der Waals surface area contributed by atoms with E-state index in [0.717, 1.165) is 9.37 Å². The van der Waals surface area contributed by atoms with Crippen LogP contribution in [0.4, 0.5) is 5.69 Å². The van der Waals surface area contributed by atoms with Crippen LogP contribution in [-0.4, -0.2) is 40.6 Å². The number of aliphatic carboxylic acids is 1. The van der Waals surface area contributed by atoms with Crippen LogP contribution in [0.1, 0.15) is 31.9 Å². The number of aromatic hydroxyl groups is 1. The zero-order chi connectivity index (χ0) is 24.1. The smallest absolute Gasteiger partial charge is 0.324 e. The van der Waals surface area contributed by atoms with Gasteiger partial charge in [0.2, 0.25) is 11.8 Å². The molecule has 2 aliphatic rings. The Labute approximate surface area is 199 Å². The third-order valence-corrected chi connectivity index (χ3v) is 6.95. The summed E-state index contributed by atoms with van der Waals surface area (Å²) in [7, 11) is 1.47. The summed E-state index contributed by atoms with van der Waals surface area (Å²) in [4.78, 5) is 41.1. The normalized spacial score (nSPS) is 26.7. The highest BCUT2D eigenvalue weighted by atomic mass is 79.9. The maximum absolute atomic E-state index is 13.7. The topological polar surface area (TPSA) is 116 Å². The van der Waals surface area contributed by atoms with Gasteiger partial charge in [0.05, 0.1) is 24.6 Å². The van der Waals surface area contributed by atoms with Gasteiger partial charge < -0.3 is 14.9 Å². The fourth-order valence-electron chi connectivity index (χ4n) is 5.14. The van der Waals surface area contributed by atoms with Crippen molar-refractivity contribution in [3.8, 4) is 11.5 Å². The fraction of sp³-hybridized carbons (Fsp3) is 0.375. The average Bonchev–Trinajstić information content (AvgIpc) is 3.23. The minimum atomic E-state index is -1.67. The van der Waals surface area contributed by atoms with E-state index in [1.165, 1.54) is 13.2 Å². The number of imide groups is 1. The number of methoxy groups -OCH3 is 1. The van der Waals surface area contributed by atoms with Crippen molar-refractivity contribution < 1.29 is 29.3 Å². The van der Waals surface area contributed by atoms with Crippen molar-refractivity contribution in [1.29, 1.82) is 0 Å². The number of anilines is 1. The number of carbonyl (C=O) groups excluding carboxylic acids is 2. The SMILES string of the molecule is COc1ccc(O)c([C@@H]2N[C@](CC(C)C)(C(=O)O)[C@H]3C(=O)N(c4ccc(Br)cc4)C(=O)[C@@H]23)c1.